The first-order valence-electron chi connectivity index (χ1n) is 5.13. The van der Waals surface area contributed by atoms with Crippen LogP contribution in [0.15, 0.2) is 18.2 Å². The first-order valence-corrected chi connectivity index (χ1v) is 5.13. The molecule has 1 fully saturated rings. The zero-order valence-corrected chi connectivity index (χ0v) is 8.16. The Morgan fingerprint density at radius 1 is 1.47 bits per heavy atom. The highest BCUT2D eigenvalue weighted by molar-refractivity contribution is 6.03. The van der Waals surface area contributed by atoms with Gasteiger partial charge in [0, 0.05) is 6.54 Å². The van der Waals surface area contributed by atoms with Crippen LogP contribution in [0, 0.1) is 5.82 Å². The molecule has 1 atom stereocenters. The van der Waals surface area contributed by atoms with Crippen molar-refractivity contribution in [2.45, 2.75) is 18.9 Å². The molecule has 3 nitrogen and oxygen atoms in total. The van der Waals surface area contributed by atoms with Gasteiger partial charge >= 0.3 is 0 Å². The Morgan fingerprint density at radius 3 is 3.20 bits per heavy atom. The molecule has 1 saturated heterocycles. The van der Waals surface area contributed by atoms with Crippen LogP contribution in [0.5, 0.6) is 0 Å². The summed E-state index contributed by atoms with van der Waals surface area (Å²) in [6, 6.07) is 4.50. The number of benzene rings is 1. The molecule has 1 amide bonds. The summed E-state index contributed by atoms with van der Waals surface area (Å²) in [5.41, 5.74) is 1.54. The van der Waals surface area contributed by atoms with Crippen molar-refractivity contribution in [1.29, 1.82) is 0 Å². The van der Waals surface area contributed by atoms with Crippen LogP contribution in [0.4, 0.5) is 15.8 Å². The van der Waals surface area contributed by atoms with E-state index in [0.29, 0.717) is 5.69 Å². The van der Waals surface area contributed by atoms with Gasteiger partial charge in [0.25, 0.3) is 0 Å². The summed E-state index contributed by atoms with van der Waals surface area (Å²) in [5, 5.41) is 2.75. The van der Waals surface area contributed by atoms with Crippen molar-refractivity contribution in [1.82, 2.24) is 0 Å². The standard InChI is InChI=1S/C11H11FN2O/c12-7-3-4-9-8(6-7)13-11(15)10-2-1-5-14(9)10/h3-4,6,10H,1-2,5H2,(H,13,15). The third kappa shape index (κ3) is 1.21. The Kier molecular flexibility index (Phi) is 1.71. The highest BCUT2D eigenvalue weighted by Crippen LogP contribution is 2.36. The fourth-order valence-electron chi connectivity index (χ4n) is 2.40. The van der Waals surface area contributed by atoms with Gasteiger partial charge in [-0.05, 0) is 31.0 Å². The zero-order valence-electron chi connectivity index (χ0n) is 8.16. The molecule has 0 saturated carbocycles. The quantitative estimate of drug-likeness (QED) is 0.701. The molecule has 2 aliphatic heterocycles. The molecule has 2 aliphatic rings. The Labute approximate surface area is 86.9 Å². The predicted octanol–water partition coefficient (Wildman–Crippen LogP) is 1.75. The van der Waals surface area contributed by atoms with E-state index in [1.54, 1.807) is 6.07 Å². The number of carbonyl (C=O) groups is 1. The second-order valence-corrected chi connectivity index (χ2v) is 4.00. The molecule has 0 spiro atoms. The van der Waals surface area contributed by atoms with Gasteiger partial charge in [0.2, 0.25) is 5.91 Å². The van der Waals surface area contributed by atoms with E-state index in [9.17, 15) is 9.18 Å². The van der Waals surface area contributed by atoms with Crippen molar-refractivity contribution >= 4 is 17.3 Å². The van der Waals surface area contributed by atoms with E-state index in [0.717, 1.165) is 25.1 Å². The lowest BCUT2D eigenvalue weighted by molar-refractivity contribution is -0.117. The van der Waals surface area contributed by atoms with Crippen LogP contribution < -0.4 is 10.2 Å². The molecule has 2 heterocycles. The SMILES string of the molecule is O=C1Nc2cc(F)ccc2N2CCCC12. The average molecular weight is 206 g/mol. The molecular formula is C11H11FN2O. The largest absolute Gasteiger partial charge is 0.358 e. The van der Waals surface area contributed by atoms with Gasteiger partial charge in [-0.3, -0.25) is 4.79 Å². The smallest absolute Gasteiger partial charge is 0.247 e. The number of carbonyl (C=O) groups excluding carboxylic acids is 1. The lowest BCUT2D eigenvalue weighted by atomic mass is 10.1. The zero-order chi connectivity index (χ0) is 10.4. The lowest BCUT2D eigenvalue weighted by Crippen LogP contribution is -2.43. The molecule has 0 bridgehead atoms. The van der Waals surface area contributed by atoms with Gasteiger partial charge < -0.3 is 10.2 Å². The van der Waals surface area contributed by atoms with Crippen molar-refractivity contribution in [3.63, 3.8) is 0 Å². The summed E-state index contributed by atoms with van der Waals surface area (Å²) in [5.74, 6) is -0.322. The van der Waals surface area contributed by atoms with Gasteiger partial charge in [-0.2, -0.15) is 0 Å². The Morgan fingerprint density at radius 2 is 2.33 bits per heavy atom. The van der Waals surface area contributed by atoms with Crippen LogP contribution in [-0.4, -0.2) is 18.5 Å². The molecule has 4 heteroatoms. The van der Waals surface area contributed by atoms with E-state index in [2.05, 4.69) is 10.2 Å². The lowest BCUT2D eigenvalue weighted by Gasteiger charge is -2.32. The number of nitrogens with zero attached hydrogens (tertiary/aromatic N) is 1. The molecule has 0 radical (unpaired) electrons. The van der Waals surface area contributed by atoms with E-state index >= 15 is 0 Å². The number of hydrogen-bond donors (Lipinski definition) is 1. The molecule has 78 valence electrons. The van der Waals surface area contributed by atoms with Crippen LogP contribution in [0.1, 0.15) is 12.8 Å². The number of rotatable bonds is 0. The number of hydrogen-bond acceptors (Lipinski definition) is 2. The molecular weight excluding hydrogens is 195 g/mol. The average Bonchev–Trinajstić information content (AvgIpc) is 2.66. The summed E-state index contributed by atoms with van der Waals surface area (Å²) >= 11 is 0. The van der Waals surface area contributed by atoms with Gasteiger partial charge in [-0.15, -0.1) is 0 Å². The predicted molar refractivity (Wildman–Crippen MR) is 55.4 cm³/mol. The molecule has 15 heavy (non-hydrogen) atoms. The van der Waals surface area contributed by atoms with Crippen molar-refractivity contribution in [3.8, 4) is 0 Å². The van der Waals surface area contributed by atoms with Crippen LogP contribution in [0.2, 0.25) is 0 Å². The normalized spacial score (nSPS) is 23.4. The van der Waals surface area contributed by atoms with Crippen LogP contribution >= 0.6 is 0 Å². The van der Waals surface area contributed by atoms with Gasteiger partial charge in [-0.25, -0.2) is 4.39 Å². The van der Waals surface area contributed by atoms with Crippen molar-refractivity contribution in [3.05, 3.63) is 24.0 Å². The summed E-state index contributed by atoms with van der Waals surface area (Å²) in [4.78, 5) is 13.7. The third-order valence-corrected chi connectivity index (χ3v) is 3.08. The van der Waals surface area contributed by atoms with Gasteiger partial charge in [0.05, 0.1) is 11.4 Å². The number of anilines is 2. The minimum Gasteiger partial charge on any atom is -0.358 e. The first-order chi connectivity index (χ1) is 7.25. The Balaban J connectivity index is 2.11. The fraction of sp³-hybridized carbons (Fsp3) is 0.364. The Bertz CT molecular complexity index is 433. The summed E-state index contributed by atoms with van der Waals surface area (Å²) in [6.45, 7) is 0.886. The molecule has 0 aliphatic carbocycles. The molecule has 1 aromatic rings. The molecule has 0 aromatic heterocycles. The number of amides is 1. The highest BCUT2D eigenvalue weighted by Gasteiger charge is 2.36. The maximum absolute atomic E-state index is 13.0. The Hall–Kier alpha value is -1.58. The van der Waals surface area contributed by atoms with Crippen LogP contribution in [-0.2, 0) is 4.79 Å². The van der Waals surface area contributed by atoms with E-state index in [-0.39, 0.29) is 17.8 Å². The molecule has 1 aromatic carbocycles. The summed E-state index contributed by atoms with van der Waals surface area (Å²) in [7, 11) is 0. The van der Waals surface area contributed by atoms with Gasteiger partial charge in [0.1, 0.15) is 11.9 Å². The number of fused-ring (bicyclic) bond motifs is 3. The van der Waals surface area contributed by atoms with Crippen LogP contribution in [0.25, 0.3) is 0 Å². The highest BCUT2D eigenvalue weighted by atomic mass is 19.1. The second kappa shape index (κ2) is 2.95. The second-order valence-electron chi connectivity index (χ2n) is 4.00. The number of halogens is 1. The monoisotopic (exact) mass is 206 g/mol. The van der Waals surface area contributed by atoms with E-state index in [4.69, 9.17) is 0 Å². The van der Waals surface area contributed by atoms with Gasteiger partial charge in [-0.1, -0.05) is 0 Å². The van der Waals surface area contributed by atoms with Crippen molar-refractivity contribution in [2.75, 3.05) is 16.8 Å². The molecule has 1 N–H and O–H groups in total. The third-order valence-electron chi connectivity index (χ3n) is 3.08. The van der Waals surface area contributed by atoms with Crippen molar-refractivity contribution < 1.29 is 9.18 Å². The van der Waals surface area contributed by atoms with Gasteiger partial charge in [0.15, 0.2) is 0 Å². The topological polar surface area (TPSA) is 32.3 Å². The fourth-order valence-corrected chi connectivity index (χ4v) is 2.40. The minimum atomic E-state index is -0.313. The maximum Gasteiger partial charge on any atom is 0.247 e. The van der Waals surface area contributed by atoms with Crippen LogP contribution in [0.3, 0.4) is 0 Å². The maximum atomic E-state index is 13.0. The van der Waals surface area contributed by atoms with E-state index < -0.39 is 0 Å². The summed E-state index contributed by atoms with van der Waals surface area (Å²) < 4.78 is 13.0. The molecule has 3 rings (SSSR count). The minimum absolute atomic E-state index is 0.00870. The van der Waals surface area contributed by atoms with E-state index in [1.807, 2.05) is 0 Å². The van der Waals surface area contributed by atoms with Crippen molar-refractivity contribution in [2.24, 2.45) is 0 Å². The molecule has 1 unspecified atom stereocenters. The summed E-state index contributed by atoms with van der Waals surface area (Å²) in [6.07, 6.45) is 1.91. The first kappa shape index (κ1) is 8.71. The van der Waals surface area contributed by atoms with E-state index in [1.165, 1.54) is 12.1 Å². The number of nitrogens with one attached hydrogen (secondary N) is 1.